The maximum atomic E-state index is 13.2. The van der Waals surface area contributed by atoms with Gasteiger partial charge in [-0.2, -0.15) is 5.26 Å². The number of pyridine rings is 1. The van der Waals surface area contributed by atoms with E-state index in [1.807, 2.05) is 0 Å². The van der Waals surface area contributed by atoms with Crippen molar-refractivity contribution in [2.24, 2.45) is 5.73 Å². The van der Waals surface area contributed by atoms with Gasteiger partial charge in [0.15, 0.2) is 5.82 Å². The van der Waals surface area contributed by atoms with Crippen molar-refractivity contribution < 1.29 is 22.3 Å². The number of rotatable bonds is 3. The Kier molecular flexibility index (Phi) is 3.85. The van der Waals surface area contributed by atoms with Crippen LogP contribution in [0.1, 0.15) is 11.3 Å². The molecule has 17 heavy (non-hydrogen) atoms. The molecule has 1 aromatic rings. The molecule has 0 bridgehead atoms. The summed E-state index contributed by atoms with van der Waals surface area (Å²) in [5.41, 5.74) is 5.37. The average molecular weight is 249 g/mol. The largest absolute Gasteiger partial charge is 0.574 e. The first kappa shape index (κ1) is 13.2. The van der Waals surface area contributed by atoms with E-state index in [2.05, 4.69) is 9.72 Å². The molecule has 2 N–H and O–H groups in total. The first-order chi connectivity index (χ1) is 7.87. The fourth-order valence-corrected chi connectivity index (χ4v) is 1.14. The molecule has 0 aliphatic heterocycles. The smallest absolute Gasteiger partial charge is 0.385 e. The molecule has 0 atom stereocenters. The van der Waals surface area contributed by atoms with Crippen LogP contribution >= 0.6 is 0 Å². The normalized spacial score (nSPS) is 11.1. The zero-order valence-electron chi connectivity index (χ0n) is 8.38. The van der Waals surface area contributed by atoms with Gasteiger partial charge in [0, 0.05) is 6.54 Å². The van der Waals surface area contributed by atoms with Crippen LogP contribution in [0, 0.1) is 17.1 Å². The molecule has 0 saturated heterocycles. The van der Waals surface area contributed by atoms with Crippen molar-refractivity contribution in [1.29, 1.82) is 5.26 Å². The Morgan fingerprint density at radius 3 is 2.59 bits per heavy atom. The minimum absolute atomic E-state index is 0.00722. The fourth-order valence-electron chi connectivity index (χ4n) is 1.14. The SMILES string of the molecule is N#CCc1cc(F)c(OC(F)(F)F)nc1CN. The van der Waals surface area contributed by atoms with Crippen molar-refractivity contribution >= 4 is 0 Å². The van der Waals surface area contributed by atoms with Crippen molar-refractivity contribution in [2.45, 2.75) is 19.3 Å². The van der Waals surface area contributed by atoms with Gasteiger partial charge in [-0.3, -0.25) is 0 Å². The van der Waals surface area contributed by atoms with Crippen LogP contribution in [0.25, 0.3) is 0 Å². The lowest BCUT2D eigenvalue weighted by Crippen LogP contribution is -2.20. The van der Waals surface area contributed by atoms with Gasteiger partial charge >= 0.3 is 6.36 Å². The summed E-state index contributed by atoms with van der Waals surface area (Å²) in [7, 11) is 0. The number of hydrogen-bond acceptors (Lipinski definition) is 4. The van der Waals surface area contributed by atoms with Crippen LogP contribution in [0.4, 0.5) is 17.6 Å². The van der Waals surface area contributed by atoms with Crippen molar-refractivity contribution in [1.82, 2.24) is 4.98 Å². The monoisotopic (exact) mass is 249 g/mol. The molecule has 0 spiro atoms. The van der Waals surface area contributed by atoms with Crippen LogP contribution in [0.3, 0.4) is 0 Å². The van der Waals surface area contributed by atoms with Crippen LogP contribution in [0.15, 0.2) is 6.07 Å². The predicted octanol–water partition coefficient (Wildman–Crippen LogP) is 1.64. The summed E-state index contributed by atoms with van der Waals surface area (Å²) >= 11 is 0. The quantitative estimate of drug-likeness (QED) is 0.826. The molecule has 4 nitrogen and oxygen atoms in total. The number of alkyl halides is 3. The molecule has 0 aliphatic rings. The lowest BCUT2D eigenvalue weighted by molar-refractivity contribution is -0.277. The lowest BCUT2D eigenvalue weighted by atomic mass is 10.1. The van der Waals surface area contributed by atoms with E-state index >= 15 is 0 Å². The van der Waals surface area contributed by atoms with Gasteiger partial charge in [-0.05, 0) is 11.6 Å². The van der Waals surface area contributed by atoms with E-state index in [9.17, 15) is 17.6 Å². The molecule has 1 aromatic heterocycles. The third kappa shape index (κ3) is 3.57. The van der Waals surface area contributed by atoms with E-state index in [4.69, 9.17) is 11.0 Å². The van der Waals surface area contributed by atoms with Crippen LogP contribution in [-0.2, 0) is 13.0 Å². The van der Waals surface area contributed by atoms with Gasteiger partial charge in [0.25, 0.3) is 5.88 Å². The third-order valence-electron chi connectivity index (χ3n) is 1.79. The zero-order chi connectivity index (χ0) is 13.1. The fraction of sp³-hybridized carbons (Fsp3) is 0.333. The highest BCUT2D eigenvalue weighted by atomic mass is 19.4. The highest BCUT2D eigenvalue weighted by Gasteiger charge is 2.33. The first-order valence-corrected chi connectivity index (χ1v) is 4.38. The summed E-state index contributed by atoms with van der Waals surface area (Å²) in [6, 6.07) is 2.49. The van der Waals surface area contributed by atoms with Crippen molar-refractivity contribution in [3.05, 3.63) is 23.1 Å². The first-order valence-electron chi connectivity index (χ1n) is 4.38. The number of aromatic nitrogens is 1. The number of nitrogens with zero attached hydrogens (tertiary/aromatic N) is 2. The Hall–Kier alpha value is -1.88. The molecule has 0 unspecified atom stereocenters. The molecular formula is C9H7F4N3O. The summed E-state index contributed by atoms with van der Waals surface area (Å²) in [4.78, 5) is 3.30. The molecule has 0 fully saturated rings. The summed E-state index contributed by atoms with van der Waals surface area (Å²) in [6.07, 6.45) is -5.22. The topological polar surface area (TPSA) is 71.9 Å². The van der Waals surface area contributed by atoms with E-state index in [-0.39, 0.29) is 24.2 Å². The van der Waals surface area contributed by atoms with E-state index in [1.165, 1.54) is 0 Å². The maximum absolute atomic E-state index is 13.2. The predicted molar refractivity (Wildman–Crippen MR) is 48.1 cm³/mol. The van der Waals surface area contributed by atoms with Crippen molar-refractivity contribution in [3.8, 4) is 11.9 Å². The molecule has 1 heterocycles. The second-order valence-electron chi connectivity index (χ2n) is 2.97. The van der Waals surface area contributed by atoms with E-state index in [1.54, 1.807) is 6.07 Å². The molecule has 1 rings (SSSR count). The van der Waals surface area contributed by atoms with Gasteiger partial charge in [-0.15, -0.1) is 13.2 Å². The Labute approximate surface area is 93.6 Å². The zero-order valence-corrected chi connectivity index (χ0v) is 8.38. The second-order valence-corrected chi connectivity index (χ2v) is 2.97. The molecular weight excluding hydrogens is 242 g/mol. The number of ether oxygens (including phenoxy) is 1. The Morgan fingerprint density at radius 1 is 1.47 bits per heavy atom. The molecule has 0 aliphatic carbocycles. The van der Waals surface area contributed by atoms with Gasteiger partial charge in [-0.1, -0.05) is 0 Å². The Balaban J connectivity index is 3.14. The number of halogens is 4. The minimum Gasteiger partial charge on any atom is -0.385 e. The highest BCUT2D eigenvalue weighted by molar-refractivity contribution is 5.29. The number of nitriles is 1. The van der Waals surface area contributed by atoms with Gasteiger partial charge in [0.1, 0.15) is 0 Å². The molecule has 0 radical (unpaired) electrons. The Bertz CT molecular complexity index is 453. The van der Waals surface area contributed by atoms with Crippen molar-refractivity contribution in [3.63, 3.8) is 0 Å². The highest BCUT2D eigenvalue weighted by Crippen LogP contribution is 2.25. The van der Waals surface area contributed by atoms with Crippen LogP contribution in [0.2, 0.25) is 0 Å². The standard InChI is InChI=1S/C9H7F4N3O/c10-6-3-5(1-2-14)7(4-15)16-8(6)17-9(11,12)13/h3H,1,4,15H2. The van der Waals surface area contributed by atoms with Crippen LogP contribution in [-0.4, -0.2) is 11.3 Å². The maximum Gasteiger partial charge on any atom is 0.574 e. The molecule has 0 aromatic carbocycles. The van der Waals surface area contributed by atoms with Crippen LogP contribution < -0.4 is 10.5 Å². The molecule has 92 valence electrons. The molecule has 0 saturated carbocycles. The van der Waals surface area contributed by atoms with E-state index < -0.39 is 18.1 Å². The van der Waals surface area contributed by atoms with E-state index in [0.29, 0.717) is 0 Å². The van der Waals surface area contributed by atoms with Crippen molar-refractivity contribution in [2.75, 3.05) is 0 Å². The Morgan fingerprint density at radius 2 is 2.12 bits per heavy atom. The molecule has 0 amide bonds. The lowest BCUT2D eigenvalue weighted by Gasteiger charge is -2.11. The summed E-state index contributed by atoms with van der Waals surface area (Å²) in [6.45, 7) is -0.217. The van der Waals surface area contributed by atoms with Gasteiger partial charge in [0.05, 0.1) is 18.2 Å². The van der Waals surface area contributed by atoms with Gasteiger partial charge in [-0.25, -0.2) is 9.37 Å². The number of nitrogens with two attached hydrogens (primary N) is 1. The summed E-state index contributed by atoms with van der Waals surface area (Å²) in [5, 5.41) is 8.43. The molecule has 8 heteroatoms. The van der Waals surface area contributed by atoms with Gasteiger partial charge in [0.2, 0.25) is 0 Å². The van der Waals surface area contributed by atoms with Gasteiger partial charge < -0.3 is 10.5 Å². The minimum atomic E-state index is -5.03. The summed E-state index contributed by atoms with van der Waals surface area (Å²) < 4.78 is 52.2. The third-order valence-corrected chi connectivity index (χ3v) is 1.79. The number of hydrogen-bond donors (Lipinski definition) is 1. The van der Waals surface area contributed by atoms with Crippen LogP contribution in [0.5, 0.6) is 5.88 Å². The van der Waals surface area contributed by atoms with E-state index in [0.717, 1.165) is 6.07 Å². The second kappa shape index (κ2) is 4.97. The summed E-state index contributed by atoms with van der Waals surface area (Å²) in [5.74, 6) is -2.48. The average Bonchev–Trinajstić information content (AvgIpc) is 2.20.